The van der Waals surface area contributed by atoms with E-state index in [0.29, 0.717) is 24.2 Å². The number of halogens is 1. The van der Waals surface area contributed by atoms with Crippen molar-refractivity contribution in [2.45, 2.75) is 39.2 Å². The number of aromatic nitrogens is 2. The first-order valence-electron chi connectivity index (χ1n) is 11.1. The number of unbranched alkanes of at least 4 members (excludes halogenated alkanes) is 2. The van der Waals surface area contributed by atoms with Crippen LogP contribution in [0.4, 0.5) is 4.39 Å². The molecule has 4 nitrogen and oxygen atoms in total. The van der Waals surface area contributed by atoms with E-state index in [1.54, 1.807) is 6.07 Å². The van der Waals surface area contributed by atoms with Gasteiger partial charge in [0.2, 0.25) is 0 Å². The van der Waals surface area contributed by atoms with Crippen LogP contribution in [0, 0.1) is 12.7 Å². The molecule has 4 rings (SSSR count). The Morgan fingerprint density at radius 2 is 1.78 bits per heavy atom. The maximum atomic E-state index is 14.2. The van der Waals surface area contributed by atoms with Crippen LogP contribution in [-0.2, 0) is 13.0 Å². The Bertz CT molecular complexity index is 1210. The van der Waals surface area contributed by atoms with E-state index in [1.807, 2.05) is 67.6 Å². The number of imidazole rings is 1. The largest absolute Gasteiger partial charge is 0.352 e. The minimum Gasteiger partial charge on any atom is -0.352 e. The fraction of sp³-hybridized carbons (Fsp3) is 0.259. The van der Waals surface area contributed by atoms with Crippen molar-refractivity contribution in [3.05, 3.63) is 101 Å². The molecule has 4 aromatic rings. The minimum absolute atomic E-state index is 0.0274. The second-order valence-electron chi connectivity index (χ2n) is 8.13. The molecule has 0 aliphatic heterocycles. The number of nitrogens with one attached hydrogen (secondary N) is 1. The Kier molecular flexibility index (Phi) is 6.95. The number of amides is 1. The summed E-state index contributed by atoms with van der Waals surface area (Å²) in [7, 11) is 0. The zero-order chi connectivity index (χ0) is 22.3. The van der Waals surface area contributed by atoms with Crippen molar-refractivity contribution < 1.29 is 9.18 Å². The molecule has 0 saturated carbocycles. The Balaban J connectivity index is 1.33. The molecule has 1 heterocycles. The zero-order valence-corrected chi connectivity index (χ0v) is 18.4. The molecule has 0 atom stereocenters. The summed E-state index contributed by atoms with van der Waals surface area (Å²) in [6.45, 7) is 3.10. The Morgan fingerprint density at radius 3 is 2.62 bits per heavy atom. The molecular weight excluding hydrogens is 401 g/mol. The van der Waals surface area contributed by atoms with Gasteiger partial charge in [0.25, 0.3) is 5.91 Å². The van der Waals surface area contributed by atoms with Crippen molar-refractivity contribution in [2.75, 3.05) is 6.54 Å². The van der Waals surface area contributed by atoms with Crippen molar-refractivity contribution in [3.8, 4) is 0 Å². The fourth-order valence-corrected chi connectivity index (χ4v) is 3.96. The number of carbonyl (C=O) groups excluding carboxylic acids is 1. The Hall–Kier alpha value is -3.47. The average molecular weight is 430 g/mol. The summed E-state index contributed by atoms with van der Waals surface area (Å²) in [4.78, 5) is 17.0. The van der Waals surface area contributed by atoms with E-state index in [9.17, 15) is 9.18 Å². The molecule has 0 saturated heterocycles. The first-order chi connectivity index (χ1) is 15.6. The normalized spacial score (nSPS) is 11.1. The first kappa shape index (κ1) is 21.8. The van der Waals surface area contributed by atoms with Crippen molar-refractivity contribution in [1.29, 1.82) is 0 Å². The minimum atomic E-state index is -0.194. The molecule has 164 valence electrons. The van der Waals surface area contributed by atoms with Gasteiger partial charge < -0.3 is 9.88 Å². The third-order valence-corrected chi connectivity index (χ3v) is 5.66. The van der Waals surface area contributed by atoms with Gasteiger partial charge in [0, 0.05) is 24.1 Å². The van der Waals surface area contributed by atoms with E-state index in [0.717, 1.165) is 48.1 Å². The van der Waals surface area contributed by atoms with Gasteiger partial charge in [0.05, 0.1) is 17.6 Å². The quantitative estimate of drug-likeness (QED) is 0.348. The molecule has 5 heteroatoms. The van der Waals surface area contributed by atoms with Gasteiger partial charge in [-0.1, -0.05) is 54.4 Å². The predicted molar refractivity (Wildman–Crippen MR) is 126 cm³/mol. The van der Waals surface area contributed by atoms with Gasteiger partial charge in [-0.2, -0.15) is 0 Å². The topological polar surface area (TPSA) is 46.9 Å². The number of para-hydroxylation sites is 2. The second kappa shape index (κ2) is 10.2. The number of nitrogens with zero attached hydrogens (tertiary/aromatic N) is 2. The standard InChI is InChI=1S/C27H28FN3O/c1-20-10-9-12-21(18-20)27(32)29-17-8-2-3-16-26-30-24-14-6-7-15-25(24)31(26)19-22-11-4-5-13-23(22)28/h4-7,9-15,18H,2-3,8,16-17,19H2,1H3,(H,29,32). The molecule has 0 bridgehead atoms. The van der Waals surface area contributed by atoms with Crippen molar-refractivity contribution >= 4 is 16.9 Å². The highest BCUT2D eigenvalue weighted by Crippen LogP contribution is 2.20. The summed E-state index contributed by atoms with van der Waals surface area (Å²) in [5.41, 5.74) is 4.40. The number of rotatable bonds is 9. The number of carbonyl (C=O) groups is 1. The van der Waals surface area contributed by atoms with Gasteiger partial charge in [-0.15, -0.1) is 0 Å². The van der Waals surface area contributed by atoms with Crippen LogP contribution in [0.3, 0.4) is 0 Å². The molecule has 0 aliphatic carbocycles. The summed E-state index contributed by atoms with van der Waals surface area (Å²) in [6, 6.07) is 22.5. The molecule has 1 aromatic heterocycles. The van der Waals surface area contributed by atoms with E-state index in [4.69, 9.17) is 4.98 Å². The highest BCUT2D eigenvalue weighted by atomic mass is 19.1. The lowest BCUT2D eigenvalue weighted by Crippen LogP contribution is -2.24. The van der Waals surface area contributed by atoms with Crippen LogP contribution in [0.1, 0.15) is 46.6 Å². The van der Waals surface area contributed by atoms with E-state index in [1.165, 1.54) is 6.07 Å². The van der Waals surface area contributed by atoms with Crippen LogP contribution in [0.2, 0.25) is 0 Å². The van der Waals surface area contributed by atoms with Crippen LogP contribution < -0.4 is 5.32 Å². The van der Waals surface area contributed by atoms with Gasteiger partial charge in [-0.05, 0) is 50.1 Å². The molecule has 0 aliphatic rings. The smallest absolute Gasteiger partial charge is 0.251 e. The molecule has 0 radical (unpaired) electrons. The second-order valence-corrected chi connectivity index (χ2v) is 8.13. The highest BCUT2D eigenvalue weighted by molar-refractivity contribution is 5.94. The fourth-order valence-electron chi connectivity index (χ4n) is 3.96. The van der Waals surface area contributed by atoms with Crippen LogP contribution in [0.15, 0.2) is 72.8 Å². The van der Waals surface area contributed by atoms with E-state index in [-0.39, 0.29) is 11.7 Å². The maximum Gasteiger partial charge on any atom is 0.251 e. The molecule has 32 heavy (non-hydrogen) atoms. The lowest BCUT2D eigenvalue weighted by atomic mass is 10.1. The Labute approximate surface area is 188 Å². The molecule has 0 spiro atoms. The number of fused-ring (bicyclic) bond motifs is 1. The third kappa shape index (κ3) is 5.22. The van der Waals surface area contributed by atoms with Gasteiger partial charge >= 0.3 is 0 Å². The molecule has 0 unspecified atom stereocenters. The van der Waals surface area contributed by atoms with Crippen molar-refractivity contribution in [1.82, 2.24) is 14.9 Å². The molecular formula is C27H28FN3O. The van der Waals surface area contributed by atoms with Crippen LogP contribution in [0.25, 0.3) is 11.0 Å². The maximum absolute atomic E-state index is 14.2. The van der Waals surface area contributed by atoms with E-state index >= 15 is 0 Å². The zero-order valence-electron chi connectivity index (χ0n) is 18.4. The lowest BCUT2D eigenvalue weighted by Gasteiger charge is -2.10. The molecule has 3 aromatic carbocycles. The Morgan fingerprint density at radius 1 is 0.969 bits per heavy atom. The SMILES string of the molecule is Cc1cccc(C(=O)NCCCCCc2nc3ccccc3n2Cc2ccccc2F)c1. The molecule has 1 amide bonds. The number of aryl methyl sites for hydroxylation is 2. The summed E-state index contributed by atoms with van der Waals surface area (Å²) < 4.78 is 16.4. The number of benzene rings is 3. The van der Waals surface area contributed by atoms with E-state index < -0.39 is 0 Å². The number of hydrogen-bond donors (Lipinski definition) is 1. The highest BCUT2D eigenvalue weighted by Gasteiger charge is 2.12. The van der Waals surface area contributed by atoms with Crippen LogP contribution in [0.5, 0.6) is 0 Å². The van der Waals surface area contributed by atoms with Crippen LogP contribution in [-0.4, -0.2) is 22.0 Å². The van der Waals surface area contributed by atoms with Crippen molar-refractivity contribution in [3.63, 3.8) is 0 Å². The van der Waals surface area contributed by atoms with Gasteiger partial charge in [-0.3, -0.25) is 4.79 Å². The summed E-state index contributed by atoms with van der Waals surface area (Å²) in [5, 5.41) is 3.00. The van der Waals surface area contributed by atoms with Crippen molar-refractivity contribution in [2.24, 2.45) is 0 Å². The molecule has 0 fully saturated rings. The predicted octanol–water partition coefficient (Wildman–Crippen LogP) is 5.67. The molecule has 1 N–H and O–H groups in total. The van der Waals surface area contributed by atoms with Crippen LogP contribution >= 0.6 is 0 Å². The average Bonchev–Trinajstić information content (AvgIpc) is 3.14. The first-order valence-corrected chi connectivity index (χ1v) is 11.1. The third-order valence-electron chi connectivity index (χ3n) is 5.66. The summed E-state index contributed by atoms with van der Waals surface area (Å²) in [6.07, 6.45) is 3.66. The monoisotopic (exact) mass is 429 g/mol. The van der Waals surface area contributed by atoms with Gasteiger partial charge in [0.15, 0.2) is 0 Å². The lowest BCUT2D eigenvalue weighted by molar-refractivity contribution is 0.0953. The van der Waals surface area contributed by atoms with Gasteiger partial charge in [0.1, 0.15) is 11.6 Å². The number of hydrogen-bond acceptors (Lipinski definition) is 2. The summed E-state index contributed by atoms with van der Waals surface area (Å²) >= 11 is 0. The van der Waals surface area contributed by atoms with Gasteiger partial charge in [-0.25, -0.2) is 9.37 Å². The summed E-state index contributed by atoms with van der Waals surface area (Å²) in [5.74, 6) is 0.749. The van der Waals surface area contributed by atoms with E-state index in [2.05, 4.69) is 9.88 Å².